The number of anilines is 1. The third kappa shape index (κ3) is 5.96. The second-order valence-corrected chi connectivity index (χ2v) is 7.07. The molecule has 2 aromatic carbocycles. The van der Waals surface area contributed by atoms with Crippen molar-refractivity contribution in [2.24, 2.45) is 0 Å². The largest absolute Gasteiger partial charge is 0.476 e. The molecule has 0 fully saturated rings. The molecular weight excluding hydrogens is 451 g/mol. The Bertz CT molecular complexity index is 885. The molecule has 27 heavy (non-hydrogen) atoms. The average molecular weight is 468 g/mol. The highest BCUT2D eigenvalue weighted by molar-refractivity contribution is 9.10. The van der Waals surface area contributed by atoms with Crippen LogP contribution in [0.15, 0.2) is 71.3 Å². The van der Waals surface area contributed by atoms with E-state index in [2.05, 4.69) is 26.2 Å². The number of aryl methyl sites for hydroxylation is 1. The number of aromatic nitrogens is 1. The van der Waals surface area contributed by atoms with Gasteiger partial charge in [0.25, 0.3) is 5.91 Å². The van der Waals surface area contributed by atoms with Crippen LogP contribution < -0.4 is 10.1 Å². The fourth-order valence-electron chi connectivity index (χ4n) is 2.30. The maximum absolute atomic E-state index is 12.8. The number of nitrogens with one attached hydrogen (secondary N) is 1. The van der Waals surface area contributed by atoms with Gasteiger partial charge in [0, 0.05) is 21.3 Å². The van der Waals surface area contributed by atoms with Gasteiger partial charge < -0.3 is 10.1 Å². The summed E-state index contributed by atoms with van der Waals surface area (Å²) < 4.78 is 6.79. The van der Waals surface area contributed by atoms with E-state index in [-0.39, 0.29) is 18.3 Å². The summed E-state index contributed by atoms with van der Waals surface area (Å²) in [6.45, 7) is 1.99. The Labute approximate surface area is 177 Å². The van der Waals surface area contributed by atoms with Crippen molar-refractivity contribution < 1.29 is 9.53 Å². The zero-order chi connectivity index (χ0) is 18.5. The molecule has 1 N–H and O–H groups in total. The van der Waals surface area contributed by atoms with Gasteiger partial charge >= 0.3 is 0 Å². The first-order chi connectivity index (χ1) is 12.5. The molecule has 1 unspecified atom stereocenters. The van der Waals surface area contributed by atoms with Gasteiger partial charge in [0.1, 0.15) is 11.6 Å². The Balaban J connectivity index is 0.00000261. The highest BCUT2D eigenvalue weighted by Crippen LogP contribution is 2.25. The summed E-state index contributed by atoms with van der Waals surface area (Å²) in [5, 5.41) is 3.38. The highest BCUT2D eigenvalue weighted by Gasteiger charge is 2.23. The lowest BCUT2D eigenvalue weighted by Gasteiger charge is -2.19. The number of carbonyl (C=O) groups is 1. The maximum atomic E-state index is 12.8. The van der Waals surface area contributed by atoms with E-state index in [1.165, 1.54) is 0 Å². The third-order valence-electron chi connectivity index (χ3n) is 3.66. The van der Waals surface area contributed by atoms with Gasteiger partial charge in [-0.2, -0.15) is 0 Å². The van der Waals surface area contributed by atoms with Crippen LogP contribution in [0.3, 0.4) is 0 Å². The van der Waals surface area contributed by atoms with Gasteiger partial charge in [-0.05, 0) is 59.3 Å². The smallest absolute Gasteiger partial charge is 0.271 e. The number of pyridine rings is 1. The van der Waals surface area contributed by atoms with E-state index >= 15 is 0 Å². The molecule has 3 aromatic rings. The average Bonchev–Trinajstić information content (AvgIpc) is 2.64. The molecule has 1 amide bonds. The molecule has 0 saturated carbocycles. The van der Waals surface area contributed by atoms with E-state index in [1.54, 1.807) is 42.6 Å². The number of ether oxygens (including phenoxy) is 1. The minimum atomic E-state index is -0.833. The van der Waals surface area contributed by atoms with E-state index in [1.807, 2.05) is 31.2 Å². The van der Waals surface area contributed by atoms with E-state index < -0.39 is 6.10 Å². The number of hydrogen-bond donors (Lipinski definition) is 1. The molecule has 140 valence electrons. The van der Waals surface area contributed by atoms with Gasteiger partial charge in [0.2, 0.25) is 6.10 Å². The van der Waals surface area contributed by atoms with E-state index in [0.29, 0.717) is 22.2 Å². The first kappa shape index (κ1) is 21.2. The summed E-state index contributed by atoms with van der Waals surface area (Å²) in [7, 11) is 0. The summed E-state index contributed by atoms with van der Waals surface area (Å²) >= 11 is 9.28. The summed E-state index contributed by atoms with van der Waals surface area (Å²) in [4.78, 5) is 17.0. The molecule has 0 saturated heterocycles. The van der Waals surface area contributed by atoms with Crippen molar-refractivity contribution in [1.82, 2.24) is 4.98 Å². The fraction of sp³-hybridized carbons (Fsp3) is 0.100. The minimum Gasteiger partial charge on any atom is -0.476 e. The zero-order valence-electron chi connectivity index (χ0n) is 14.4. The molecule has 4 nitrogen and oxygen atoms in total. The van der Waals surface area contributed by atoms with Crippen molar-refractivity contribution in [2.45, 2.75) is 13.0 Å². The van der Waals surface area contributed by atoms with Gasteiger partial charge in [-0.15, -0.1) is 12.4 Å². The van der Waals surface area contributed by atoms with Crippen molar-refractivity contribution >= 4 is 51.7 Å². The monoisotopic (exact) mass is 466 g/mol. The topological polar surface area (TPSA) is 51.2 Å². The Kier molecular flexibility index (Phi) is 7.66. The Morgan fingerprint density at radius 1 is 1.07 bits per heavy atom. The standard InChI is InChI=1S/C20H16BrClN2O2.ClH/c1-13-2-9-17(10-3-13)26-19(14-4-7-16(22)8-5-14)20(25)24-18-11-6-15(21)12-23-18;/h2-12,19H,1H3,(H,23,24,25);1H. The van der Waals surface area contributed by atoms with Crippen LogP contribution in [-0.4, -0.2) is 10.9 Å². The molecule has 0 spiro atoms. The fourth-order valence-corrected chi connectivity index (χ4v) is 2.67. The molecule has 0 radical (unpaired) electrons. The summed E-state index contributed by atoms with van der Waals surface area (Å²) in [6.07, 6.45) is 0.786. The Morgan fingerprint density at radius 2 is 1.74 bits per heavy atom. The molecule has 1 atom stereocenters. The number of hydrogen-bond acceptors (Lipinski definition) is 3. The van der Waals surface area contributed by atoms with Gasteiger partial charge in [0.15, 0.2) is 0 Å². The Hall–Kier alpha value is -2.08. The minimum absolute atomic E-state index is 0. The molecule has 1 heterocycles. The number of amides is 1. The molecule has 0 bridgehead atoms. The van der Waals surface area contributed by atoms with Crippen LogP contribution in [0.2, 0.25) is 5.02 Å². The summed E-state index contributed by atoms with van der Waals surface area (Å²) in [5.41, 5.74) is 1.81. The van der Waals surface area contributed by atoms with Gasteiger partial charge in [-0.3, -0.25) is 4.79 Å². The number of halogens is 3. The normalized spacial score (nSPS) is 11.2. The number of rotatable bonds is 5. The number of benzene rings is 2. The summed E-state index contributed by atoms with van der Waals surface area (Å²) in [5.74, 6) is 0.738. The lowest BCUT2D eigenvalue weighted by atomic mass is 10.1. The van der Waals surface area contributed by atoms with Crippen molar-refractivity contribution in [3.8, 4) is 5.75 Å². The van der Waals surface area contributed by atoms with E-state index in [0.717, 1.165) is 10.0 Å². The molecule has 1 aromatic heterocycles. The quantitative estimate of drug-likeness (QED) is 0.501. The van der Waals surface area contributed by atoms with Gasteiger partial charge in [-0.25, -0.2) is 4.98 Å². The molecular formula is C20H17BrCl2N2O2. The first-order valence-electron chi connectivity index (χ1n) is 7.92. The molecule has 7 heteroatoms. The van der Waals surface area contributed by atoms with Crippen LogP contribution >= 0.6 is 39.9 Å². The maximum Gasteiger partial charge on any atom is 0.271 e. The van der Waals surface area contributed by atoms with Gasteiger partial charge in [0.05, 0.1) is 0 Å². The summed E-state index contributed by atoms with van der Waals surface area (Å²) in [6, 6.07) is 18.1. The zero-order valence-corrected chi connectivity index (χ0v) is 17.5. The van der Waals surface area contributed by atoms with Crippen molar-refractivity contribution in [3.05, 3.63) is 87.5 Å². The predicted octanol–water partition coefficient (Wildman–Crippen LogP) is 5.99. The van der Waals surface area contributed by atoms with Crippen molar-refractivity contribution in [1.29, 1.82) is 0 Å². The first-order valence-corrected chi connectivity index (χ1v) is 9.09. The molecule has 0 aliphatic heterocycles. The lowest BCUT2D eigenvalue weighted by Crippen LogP contribution is -2.26. The number of nitrogens with zero attached hydrogens (tertiary/aromatic N) is 1. The highest BCUT2D eigenvalue weighted by atomic mass is 79.9. The van der Waals surface area contributed by atoms with Crippen LogP contribution in [0.5, 0.6) is 5.75 Å². The van der Waals surface area contributed by atoms with Crippen molar-refractivity contribution in [2.75, 3.05) is 5.32 Å². The van der Waals surface area contributed by atoms with Crippen LogP contribution in [0.25, 0.3) is 0 Å². The SMILES string of the molecule is Cc1ccc(OC(C(=O)Nc2ccc(Br)cn2)c2ccc(Cl)cc2)cc1.Cl. The molecule has 0 aliphatic carbocycles. The van der Waals surface area contributed by atoms with Crippen molar-refractivity contribution in [3.63, 3.8) is 0 Å². The molecule has 0 aliphatic rings. The molecule has 3 rings (SSSR count). The predicted molar refractivity (Wildman–Crippen MR) is 114 cm³/mol. The van der Waals surface area contributed by atoms with Gasteiger partial charge in [-0.1, -0.05) is 41.4 Å². The van der Waals surface area contributed by atoms with E-state index in [4.69, 9.17) is 16.3 Å². The Morgan fingerprint density at radius 3 is 2.33 bits per heavy atom. The van der Waals surface area contributed by atoms with Crippen LogP contribution in [0.1, 0.15) is 17.2 Å². The third-order valence-corrected chi connectivity index (χ3v) is 4.39. The second kappa shape index (κ2) is 9.74. The lowest BCUT2D eigenvalue weighted by molar-refractivity contribution is -0.123. The van der Waals surface area contributed by atoms with Crippen LogP contribution in [-0.2, 0) is 4.79 Å². The van der Waals surface area contributed by atoms with Crippen LogP contribution in [0, 0.1) is 6.92 Å². The second-order valence-electron chi connectivity index (χ2n) is 5.71. The van der Waals surface area contributed by atoms with E-state index in [9.17, 15) is 4.79 Å². The van der Waals surface area contributed by atoms with Crippen LogP contribution in [0.4, 0.5) is 5.82 Å². The number of carbonyl (C=O) groups excluding carboxylic acids is 1.